The summed E-state index contributed by atoms with van der Waals surface area (Å²) in [5.41, 5.74) is 3.39. The normalized spacial score (nSPS) is 10.3. The first-order valence-corrected chi connectivity index (χ1v) is 5.94. The quantitative estimate of drug-likeness (QED) is 0.433. The van der Waals surface area contributed by atoms with Gasteiger partial charge < -0.3 is 0 Å². The van der Waals surface area contributed by atoms with Crippen LogP contribution in [-0.2, 0) is 0 Å². The highest BCUT2D eigenvalue weighted by Gasteiger charge is 2.00. The van der Waals surface area contributed by atoms with E-state index in [2.05, 4.69) is 54.1 Å². The molecule has 19 heavy (non-hydrogen) atoms. The Morgan fingerprint density at radius 1 is 0.842 bits per heavy atom. The van der Waals surface area contributed by atoms with Crippen molar-refractivity contribution in [2.45, 2.75) is 0 Å². The zero-order valence-corrected chi connectivity index (χ0v) is 11.2. The fourth-order valence-electron chi connectivity index (χ4n) is 1.73. The molecule has 2 nitrogen and oxygen atoms in total. The molecule has 0 heterocycles. The molecule has 0 saturated heterocycles. The predicted molar refractivity (Wildman–Crippen MR) is 85.1 cm³/mol. The zero-order chi connectivity index (χ0) is 14.1. The van der Waals surface area contributed by atoms with E-state index in [1.54, 1.807) is 7.05 Å². The predicted octanol–water partition coefficient (Wildman–Crippen LogP) is 4.23. The van der Waals surface area contributed by atoms with Gasteiger partial charge in [-0.3, -0.25) is 4.99 Å². The van der Waals surface area contributed by atoms with Gasteiger partial charge in [0, 0.05) is 12.6 Å². The molecule has 0 atom stereocenters. The molecule has 2 aromatic rings. The third-order valence-corrected chi connectivity index (χ3v) is 2.61. The smallest absolute Gasteiger partial charge is 0.153 e. The first kappa shape index (κ1) is 14.6. The number of benzene rings is 2. The van der Waals surface area contributed by atoms with E-state index in [9.17, 15) is 0 Å². The zero-order valence-electron chi connectivity index (χ0n) is 11.2. The Bertz CT molecular complexity index is 539. The number of nitrogens with zero attached hydrogens (tertiary/aromatic N) is 2. The maximum atomic E-state index is 4.07. The number of hydrogen-bond donors (Lipinski definition) is 0. The fourth-order valence-corrected chi connectivity index (χ4v) is 1.73. The summed E-state index contributed by atoms with van der Waals surface area (Å²) < 4.78 is 0. The van der Waals surface area contributed by atoms with Crippen molar-refractivity contribution >= 4 is 12.6 Å². The van der Waals surface area contributed by atoms with Gasteiger partial charge in [0.2, 0.25) is 0 Å². The van der Waals surface area contributed by atoms with E-state index in [0.29, 0.717) is 5.84 Å². The van der Waals surface area contributed by atoms with Gasteiger partial charge in [-0.2, -0.15) is 0 Å². The van der Waals surface area contributed by atoms with Gasteiger partial charge in [-0.25, -0.2) is 4.99 Å². The largest absolute Gasteiger partial charge is 0.270 e. The van der Waals surface area contributed by atoms with Crippen LogP contribution in [0.2, 0.25) is 0 Å². The molecule has 0 aliphatic rings. The summed E-state index contributed by atoms with van der Waals surface area (Å²) in [6, 6.07) is 18.4. The summed E-state index contributed by atoms with van der Waals surface area (Å²) in [6.45, 7) is 9.51. The first-order valence-electron chi connectivity index (χ1n) is 5.94. The lowest BCUT2D eigenvalue weighted by Crippen LogP contribution is -1.95. The van der Waals surface area contributed by atoms with E-state index in [1.165, 1.54) is 11.1 Å². The van der Waals surface area contributed by atoms with Crippen LogP contribution in [0.4, 0.5) is 0 Å². The Labute approximate surface area is 114 Å². The summed E-state index contributed by atoms with van der Waals surface area (Å²) in [5, 5.41) is 0. The SMILES string of the molecule is C=C.C=NC(=NC)c1ccc(-c2ccccc2)cc1. The monoisotopic (exact) mass is 250 g/mol. The van der Waals surface area contributed by atoms with Gasteiger partial charge in [-0.1, -0.05) is 54.6 Å². The minimum Gasteiger partial charge on any atom is -0.270 e. The standard InChI is InChI=1S/C15H14N2.C2H4/c1-16-15(17-2)14-10-8-13(9-11-14)12-6-4-3-5-7-12;1-2/h3-11H,1H2,2H3;1-2H2. The molecule has 0 amide bonds. The van der Waals surface area contributed by atoms with Crippen LogP contribution < -0.4 is 0 Å². The van der Waals surface area contributed by atoms with E-state index in [-0.39, 0.29) is 0 Å². The van der Waals surface area contributed by atoms with Gasteiger partial charge in [-0.15, -0.1) is 13.2 Å². The summed E-state index contributed by atoms with van der Waals surface area (Å²) in [6.07, 6.45) is 0. The Balaban J connectivity index is 0.000000861. The molecule has 0 aliphatic heterocycles. The van der Waals surface area contributed by atoms with Crippen molar-refractivity contribution in [3.63, 3.8) is 0 Å². The summed E-state index contributed by atoms with van der Waals surface area (Å²) in [4.78, 5) is 7.95. The van der Waals surface area contributed by atoms with Crippen LogP contribution in [0.25, 0.3) is 11.1 Å². The van der Waals surface area contributed by atoms with Gasteiger partial charge in [0.15, 0.2) is 5.84 Å². The van der Waals surface area contributed by atoms with Gasteiger partial charge in [0.1, 0.15) is 0 Å². The van der Waals surface area contributed by atoms with Crippen molar-refractivity contribution in [1.29, 1.82) is 0 Å². The van der Waals surface area contributed by atoms with Crippen LogP contribution in [0.1, 0.15) is 5.56 Å². The molecule has 2 rings (SSSR count). The van der Waals surface area contributed by atoms with Gasteiger partial charge in [0.05, 0.1) is 0 Å². The molecule has 0 radical (unpaired) electrons. The highest BCUT2D eigenvalue weighted by molar-refractivity contribution is 6.01. The molecule has 0 N–H and O–H groups in total. The van der Waals surface area contributed by atoms with Crippen LogP contribution in [0.15, 0.2) is 77.7 Å². The number of hydrogen-bond acceptors (Lipinski definition) is 1. The molecular weight excluding hydrogens is 232 g/mol. The Kier molecular flexibility index (Phi) is 5.96. The molecule has 2 aromatic carbocycles. The molecular formula is C17H18N2. The molecule has 0 aromatic heterocycles. The average molecular weight is 250 g/mol. The lowest BCUT2D eigenvalue weighted by Gasteiger charge is -2.03. The minimum atomic E-state index is 0.671. The molecule has 2 heteroatoms. The summed E-state index contributed by atoms with van der Waals surface area (Å²) >= 11 is 0. The lowest BCUT2D eigenvalue weighted by molar-refractivity contribution is 1.39. The van der Waals surface area contributed by atoms with Gasteiger partial charge in [-0.05, 0) is 17.8 Å². The molecule has 0 saturated carbocycles. The van der Waals surface area contributed by atoms with Crippen LogP contribution in [0.5, 0.6) is 0 Å². The summed E-state index contributed by atoms with van der Waals surface area (Å²) in [5.74, 6) is 0.671. The Morgan fingerprint density at radius 3 is 1.84 bits per heavy atom. The van der Waals surface area contributed by atoms with E-state index in [4.69, 9.17) is 0 Å². The molecule has 0 spiro atoms. The number of aliphatic imine (C=N–C) groups is 2. The second-order valence-corrected chi connectivity index (χ2v) is 3.65. The number of rotatable bonds is 2. The van der Waals surface area contributed by atoms with Crippen molar-refractivity contribution in [2.24, 2.45) is 9.98 Å². The summed E-state index contributed by atoms with van der Waals surface area (Å²) in [7, 11) is 1.72. The molecule has 0 bridgehead atoms. The second-order valence-electron chi connectivity index (χ2n) is 3.65. The van der Waals surface area contributed by atoms with E-state index < -0.39 is 0 Å². The van der Waals surface area contributed by atoms with E-state index in [1.807, 2.05) is 30.3 Å². The molecule has 0 aliphatic carbocycles. The molecule has 96 valence electrons. The second kappa shape index (κ2) is 7.77. The van der Waals surface area contributed by atoms with Crippen molar-refractivity contribution in [3.05, 3.63) is 73.3 Å². The molecule has 0 fully saturated rings. The maximum absolute atomic E-state index is 4.07. The van der Waals surface area contributed by atoms with E-state index >= 15 is 0 Å². The number of amidine groups is 1. The molecule has 0 unspecified atom stereocenters. The minimum absolute atomic E-state index is 0.671. The van der Waals surface area contributed by atoms with Crippen LogP contribution in [0, 0.1) is 0 Å². The fraction of sp³-hybridized carbons (Fsp3) is 0.0588. The third-order valence-electron chi connectivity index (χ3n) is 2.61. The highest BCUT2D eigenvalue weighted by Crippen LogP contribution is 2.19. The highest BCUT2D eigenvalue weighted by atomic mass is 14.9. The Hall–Kier alpha value is -2.48. The average Bonchev–Trinajstić information content (AvgIpc) is 2.52. The van der Waals surface area contributed by atoms with Crippen LogP contribution in [-0.4, -0.2) is 19.6 Å². The van der Waals surface area contributed by atoms with Crippen molar-refractivity contribution < 1.29 is 0 Å². The topological polar surface area (TPSA) is 24.7 Å². The van der Waals surface area contributed by atoms with Gasteiger partial charge >= 0.3 is 0 Å². The third kappa shape index (κ3) is 3.75. The Morgan fingerprint density at radius 2 is 1.37 bits per heavy atom. The van der Waals surface area contributed by atoms with Crippen LogP contribution >= 0.6 is 0 Å². The van der Waals surface area contributed by atoms with Crippen molar-refractivity contribution in [2.75, 3.05) is 7.05 Å². The first-order chi connectivity index (χ1) is 9.35. The van der Waals surface area contributed by atoms with Crippen molar-refractivity contribution in [1.82, 2.24) is 0 Å². The van der Waals surface area contributed by atoms with Gasteiger partial charge in [0.25, 0.3) is 0 Å². The maximum Gasteiger partial charge on any atom is 0.153 e. The van der Waals surface area contributed by atoms with E-state index in [0.717, 1.165) is 5.56 Å². The van der Waals surface area contributed by atoms with Crippen molar-refractivity contribution in [3.8, 4) is 11.1 Å². The van der Waals surface area contributed by atoms with Crippen LogP contribution in [0.3, 0.4) is 0 Å². The lowest BCUT2D eigenvalue weighted by atomic mass is 10.0.